The molecule has 0 atom stereocenters. The molecule has 0 aliphatic rings. The quantitative estimate of drug-likeness (QED) is 0.568. The fourth-order valence-electron chi connectivity index (χ4n) is 3.12. The molecular weight excluding hydrogens is 329 g/mol. The van der Waals surface area contributed by atoms with Gasteiger partial charge in [-0.1, -0.05) is 18.2 Å². The van der Waals surface area contributed by atoms with Gasteiger partial charge >= 0.3 is 0 Å². The Labute approximate surface area is 149 Å². The minimum atomic E-state index is -0.371. The molecule has 2 heterocycles. The van der Waals surface area contributed by atoms with Crippen LogP contribution in [0.25, 0.3) is 21.8 Å². The van der Waals surface area contributed by atoms with Gasteiger partial charge in [0, 0.05) is 22.2 Å². The highest BCUT2D eigenvalue weighted by Crippen LogP contribution is 2.26. The molecule has 0 aliphatic heterocycles. The van der Waals surface area contributed by atoms with Gasteiger partial charge in [0.25, 0.3) is 5.91 Å². The van der Waals surface area contributed by atoms with E-state index in [1.54, 1.807) is 18.2 Å². The Balaban J connectivity index is 1.83. The SMILES string of the molecule is Cc1cc(NC(=O)c2cc(C)nc3ccccc23)c2cc(F)ccc2n1. The van der Waals surface area contributed by atoms with Gasteiger partial charge in [-0.3, -0.25) is 14.8 Å². The van der Waals surface area contributed by atoms with Crippen molar-refractivity contribution in [1.82, 2.24) is 9.97 Å². The van der Waals surface area contributed by atoms with E-state index in [-0.39, 0.29) is 11.7 Å². The van der Waals surface area contributed by atoms with Crippen molar-refractivity contribution in [2.75, 3.05) is 5.32 Å². The highest BCUT2D eigenvalue weighted by atomic mass is 19.1. The van der Waals surface area contributed by atoms with Crippen LogP contribution in [0.1, 0.15) is 21.7 Å². The average Bonchev–Trinajstić information content (AvgIpc) is 2.61. The van der Waals surface area contributed by atoms with Gasteiger partial charge in [-0.15, -0.1) is 0 Å². The Hall–Kier alpha value is -3.34. The number of halogens is 1. The zero-order valence-electron chi connectivity index (χ0n) is 14.4. The molecule has 2 aromatic heterocycles. The summed E-state index contributed by atoms with van der Waals surface area (Å²) in [5, 5.41) is 4.26. The highest BCUT2D eigenvalue weighted by molar-refractivity contribution is 6.14. The van der Waals surface area contributed by atoms with E-state index in [1.165, 1.54) is 12.1 Å². The molecule has 4 nitrogen and oxygen atoms in total. The number of rotatable bonds is 2. The van der Waals surface area contributed by atoms with Crippen molar-refractivity contribution >= 4 is 33.4 Å². The Morgan fingerprint density at radius 3 is 2.38 bits per heavy atom. The molecule has 4 rings (SSSR count). The Morgan fingerprint density at radius 2 is 1.58 bits per heavy atom. The number of benzene rings is 2. The summed E-state index contributed by atoms with van der Waals surface area (Å²) in [7, 11) is 0. The first-order valence-corrected chi connectivity index (χ1v) is 8.26. The number of hydrogen-bond donors (Lipinski definition) is 1. The molecule has 0 unspecified atom stereocenters. The lowest BCUT2D eigenvalue weighted by Gasteiger charge is -2.12. The molecule has 0 radical (unpaired) electrons. The van der Waals surface area contributed by atoms with E-state index >= 15 is 0 Å². The monoisotopic (exact) mass is 345 g/mol. The lowest BCUT2D eigenvalue weighted by molar-refractivity contribution is 0.102. The second-order valence-corrected chi connectivity index (χ2v) is 6.26. The molecule has 1 amide bonds. The minimum Gasteiger partial charge on any atom is -0.321 e. The van der Waals surface area contributed by atoms with Crippen LogP contribution in [0.2, 0.25) is 0 Å². The summed E-state index contributed by atoms with van der Waals surface area (Å²) < 4.78 is 13.7. The predicted octanol–water partition coefficient (Wildman–Crippen LogP) is 4.79. The van der Waals surface area contributed by atoms with Gasteiger partial charge in [-0.2, -0.15) is 0 Å². The fourth-order valence-corrected chi connectivity index (χ4v) is 3.12. The van der Waals surface area contributed by atoms with Gasteiger partial charge in [0.2, 0.25) is 0 Å². The molecule has 0 fully saturated rings. The van der Waals surface area contributed by atoms with Crippen molar-refractivity contribution in [3.05, 3.63) is 77.4 Å². The van der Waals surface area contributed by atoms with Crippen LogP contribution in [0.5, 0.6) is 0 Å². The summed E-state index contributed by atoms with van der Waals surface area (Å²) in [6, 6.07) is 15.4. The molecule has 0 bridgehead atoms. The third-order valence-corrected chi connectivity index (χ3v) is 4.24. The van der Waals surface area contributed by atoms with Crippen molar-refractivity contribution in [2.45, 2.75) is 13.8 Å². The molecule has 0 spiro atoms. The van der Waals surface area contributed by atoms with Crippen LogP contribution in [-0.2, 0) is 0 Å². The van der Waals surface area contributed by atoms with Crippen molar-refractivity contribution in [1.29, 1.82) is 0 Å². The smallest absolute Gasteiger partial charge is 0.256 e. The third-order valence-electron chi connectivity index (χ3n) is 4.24. The standard InChI is InChI=1S/C21H16FN3O/c1-12-9-16(15-5-3-4-6-18(15)23-12)21(26)25-20-10-13(2)24-19-8-7-14(22)11-17(19)20/h3-11H,1-2H3,(H,24,25,26). The number of pyridine rings is 2. The number of hydrogen-bond acceptors (Lipinski definition) is 3. The molecule has 5 heteroatoms. The van der Waals surface area contributed by atoms with Crippen LogP contribution >= 0.6 is 0 Å². The lowest BCUT2D eigenvalue weighted by atomic mass is 10.1. The Kier molecular flexibility index (Phi) is 3.84. The fraction of sp³-hybridized carbons (Fsp3) is 0.0952. The molecule has 128 valence electrons. The maximum absolute atomic E-state index is 13.7. The Bertz CT molecular complexity index is 1170. The molecule has 0 saturated heterocycles. The van der Waals surface area contributed by atoms with Crippen molar-refractivity contribution in [2.24, 2.45) is 0 Å². The van der Waals surface area contributed by atoms with Gasteiger partial charge in [0.15, 0.2) is 0 Å². The summed E-state index contributed by atoms with van der Waals surface area (Å²) in [5.74, 6) is -0.633. The van der Waals surface area contributed by atoms with Gasteiger partial charge < -0.3 is 5.32 Å². The van der Waals surface area contributed by atoms with Crippen LogP contribution in [0.4, 0.5) is 10.1 Å². The lowest BCUT2D eigenvalue weighted by Crippen LogP contribution is -2.14. The number of nitrogens with one attached hydrogen (secondary N) is 1. The molecule has 1 N–H and O–H groups in total. The highest BCUT2D eigenvalue weighted by Gasteiger charge is 2.14. The summed E-state index contributed by atoms with van der Waals surface area (Å²) in [4.78, 5) is 21.8. The van der Waals surface area contributed by atoms with Crippen LogP contribution in [0, 0.1) is 19.7 Å². The first-order valence-electron chi connectivity index (χ1n) is 8.26. The number of aromatic nitrogens is 2. The van der Waals surface area contributed by atoms with Crippen molar-refractivity contribution in [3.63, 3.8) is 0 Å². The average molecular weight is 345 g/mol. The third kappa shape index (κ3) is 2.88. The van der Waals surface area contributed by atoms with Gasteiger partial charge in [0.1, 0.15) is 5.82 Å². The minimum absolute atomic E-state index is 0.261. The maximum Gasteiger partial charge on any atom is 0.256 e. The number of nitrogens with zero attached hydrogens (tertiary/aromatic N) is 2. The molecule has 4 aromatic rings. The number of aryl methyl sites for hydroxylation is 2. The van der Waals surface area contributed by atoms with E-state index in [0.29, 0.717) is 22.2 Å². The first-order chi connectivity index (χ1) is 12.5. The molecule has 0 saturated carbocycles. The second kappa shape index (κ2) is 6.19. The summed E-state index contributed by atoms with van der Waals surface area (Å²) in [5.41, 5.74) is 3.98. The van der Waals surface area contributed by atoms with Gasteiger partial charge in [-0.25, -0.2) is 4.39 Å². The van der Waals surface area contributed by atoms with Crippen LogP contribution in [-0.4, -0.2) is 15.9 Å². The van der Waals surface area contributed by atoms with Gasteiger partial charge in [0.05, 0.1) is 22.3 Å². The topological polar surface area (TPSA) is 54.9 Å². The molecule has 26 heavy (non-hydrogen) atoms. The number of amides is 1. The largest absolute Gasteiger partial charge is 0.321 e. The second-order valence-electron chi connectivity index (χ2n) is 6.26. The normalized spacial score (nSPS) is 11.0. The molecular formula is C21H16FN3O. The zero-order valence-corrected chi connectivity index (χ0v) is 14.4. The van der Waals surface area contributed by atoms with Crippen LogP contribution in [0.15, 0.2) is 54.6 Å². The van der Waals surface area contributed by atoms with E-state index in [2.05, 4.69) is 15.3 Å². The van der Waals surface area contributed by atoms with E-state index < -0.39 is 0 Å². The van der Waals surface area contributed by atoms with Crippen LogP contribution in [0.3, 0.4) is 0 Å². The zero-order chi connectivity index (χ0) is 18.3. The summed E-state index contributed by atoms with van der Waals surface area (Å²) in [6.07, 6.45) is 0. The van der Waals surface area contributed by atoms with E-state index in [1.807, 2.05) is 38.1 Å². The van der Waals surface area contributed by atoms with Crippen molar-refractivity contribution < 1.29 is 9.18 Å². The molecule has 2 aromatic carbocycles. The van der Waals surface area contributed by atoms with Crippen LogP contribution < -0.4 is 5.32 Å². The number of fused-ring (bicyclic) bond motifs is 2. The maximum atomic E-state index is 13.7. The van der Waals surface area contributed by atoms with E-state index in [4.69, 9.17) is 0 Å². The number of carbonyl (C=O) groups excluding carboxylic acids is 1. The van der Waals surface area contributed by atoms with E-state index in [9.17, 15) is 9.18 Å². The molecule has 0 aliphatic carbocycles. The summed E-state index contributed by atoms with van der Waals surface area (Å²) in [6.45, 7) is 3.69. The number of anilines is 1. The number of carbonyl (C=O) groups is 1. The van der Waals surface area contributed by atoms with E-state index in [0.717, 1.165) is 22.3 Å². The Morgan fingerprint density at radius 1 is 0.885 bits per heavy atom. The first kappa shape index (κ1) is 16.1. The summed E-state index contributed by atoms with van der Waals surface area (Å²) >= 11 is 0. The number of para-hydroxylation sites is 1. The van der Waals surface area contributed by atoms with Gasteiger partial charge in [-0.05, 0) is 50.2 Å². The predicted molar refractivity (Wildman–Crippen MR) is 101 cm³/mol. The van der Waals surface area contributed by atoms with Crippen molar-refractivity contribution in [3.8, 4) is 0 Å².